The molecular formula is C18H22N6O. The molecule has 1 fully saturated rings. The average Bonchev–Trinajstić information content (AvgIpc) is 2.68. The Balaban J connectivity index is 1.57. The highest BCUT2D eigenvalue weighted by Crippen LogP contribution is 2.36. The quantitative estimate of drug-likeness (QED) is 0.875. The molecule has 7 heteroatoms. The molecule has 0 spiro atoms. The van der Waals surface area contributed by atoms with Gasteiger partial charge < -0.3 is 15.5 Å². The Hall–Kier alpha value is -2.67. The van der Waals surface area contributed by atoms with Crippen molar-refractivity contribution in [3.63, 3.8) is 0 Å². The number of carbonyl (C=O) groups excluding carboxylic acids is 1. The molecule has 1 aromatic heterocycles. The number of anilines is 3. The fraction of sp³-hybridized carbons (Fsp3) is 0.389. The van der Waals surface area contributed by atoms with Crippen LogP contribution in [0.5, 0.6) is 0 Å². The van der Waals surface area contributed by atoms with Gasteiger partial charge in [0.2, 0.25) is 0 Å². The molecule has 130 valence electrons. The van der Waals surface area contributed by atoms with Gasteiger partial charge in [-0.3, -0.25) is 9.88 Å². The van der Waals surface area contributed by atoms with Crippen molar-refractivity contribution in [1.29, 1.82) is 0 Å². The molecule has 2 aromatic rings. The number of hydrogen-bond donors (Lipinski definition) is 2. The van der Waals surface area contributed by atoms with Gasteiger partial charge in [0.05, 0.1) is 17.6 Å². The number of nitrogens with zero attached hydrogens (tertiary/aromatic N) is 4. The summed E-state index contributed by atoms with van der Waals surface area (Å²) in [7, 11) is 0. The van der Waals surface area contributed by atoms with Crippen LogP contribution in [-0.4, -0.2) is 48.2 Å². The zero-order chi connectivity index (χ0) is 17.1. The third-order valence-corrected chi connectivity index (χ3v) is 4.75. The van der Waals surface area contributed by atoms with E-state index in [4.69, 9.17) is 0 Å². The minimum absolute atomic E-state index is 0.0156. The smallest absolute Gasteiger partial charge is 0.322 e. The minimum atomic E-state index is -0.0156. The summed E-state index contributed by atoms with van der Waals surface area (Å²) in [5.74, 6) is 0.799. The Kier molecular flexibility index (Phi) is 4.47. The van der Waals surface area contributed by atoms with E-state index in [0.717, 1.165) is 43.1 Å². The van der Waals surface area contributed by atoms with Crippen molar-refractivity contribution in [2.24, 2.45) is 0 Å². The number of urea groups is 1. The van der Waals surface area contributed by atoms with Crippen molar-refractivity contribution in [3.8, 4) is 0 Å². The predicted molar refractivity (Wildman–Crippen MR) is 97.2 cm³/mol. The molecule has 0 unspecified atom stereocenters. The van der Waals surface area contributed by atoms with Crippen LogP contribution in [0.15, 0.2) is 42.9 Å². The van der Waals surface area contributed by atoms with Gasteiger partial charge in [-0.1, -0.05) is 12.1 Å². The van der Waals surface area contributed by atoms with Gasteiger partial charge in [-0.2, -0.15) is 0 Å². The molecule has 3 heterocycles. The van der Waals surface area contributed by atoms with Crippen LogP contribution in [0.3, 0.4) is 0 Å². The maximum Gasteiger partial charge on any atom is 0.322 e. The van der Waals surface area contributed by atoms with Crippen molar-refractivity contribution in [3.05, 3.63) is 42.9 Å². The zero-order valence-electron chi connectivity index (χ0n) is 14.1. The molecule has 0 bridgehead atoms. The number of nitrogens with one attached hydrogen (secondary N) is 2. The van der Waals surface area contributed by atoms with E-state index in [-0.39, 0.29) is 12.1 Å². The lowest BCUT2D eigenvalue weighted by Crippen LogP contribution is -2.51. The molecular weight excluding hydrogens is 316 g/mol. The second kappa shape index (κ2) is 7.06. The molecule has 1 aromatic carbocycles. The standard InChI is InChI=1S/C18H22N6O/c25-18(22-14-5-7-19-8-6-14)24-12-11-23(17-13-20-9-10-21-17)15-3-1-2-4-16(15)24/h1-4,9-10,13-14,19H,5-8,11-12H2,(H,22,25). The first-order chi connectivity index (χ1) is 12.3. The van der Waals surface area contributed by atoms with Crippen LogP contribution in [0.25, 0.3) is 0 Å². The zero-order valence-corrected chi connectivity index (χ0v) is 14.1. The van der Waals surface area contributed by atoms with Gasteiger partial charge in [-0.15, -0.1) is 0 Å². The molecule has 7 nitrogen and oxygen atoms in total. The van der Waals surface area contributed by atoms with Gasteiger partial charge >= 0.3 is 6.03 Å². The predicted octanol–water partition coefficient (Wildman–Crippen LogP) is 1.90. The first-order valence-corrected chi connectivity index (χ1v) is 8.74. The van der Waals surface area contributed by atoms with Crippen LogP contribution in [0, 0.1) is 0 Å². The van der Waals surface area contributed by atoms with Crippen molar-refractivity contribution in [1.82, 2.24) is 20.6 Å². The topological polar surface area (TPSA) is 73.4 Å². The number of aromatic nitrogens is 2. The molecule has 0 radical (unpaired) electrons. The number of benzene rings is 1. The average molecular weight is 338 g/mol. The Bertz CT molecular complexity index is 731. The molecule has 2 aliphatic heterocycles. The van der Waals surface area contributed by atoms with Gasteiger partial charge in [0.15, 0.2) is 5.82 Å². The third kappa shape index (κ3) is 3.28. The largest absolute Gasteiger partial charge is 0.335 e. The number of rotatable bonds is 2. The van der Waals surface area contributed by atoms with E-state index in [1.165, 1.54) is 0 Å². The Morgan fingerprint density at radius 1 is 1.12 bits per heavy atom. The van der Waals surface area contributed by atoms with E-state index in [2.05, 4.69) is 25.5 Å². The summed E-state index contributed by atoms with van der Waals surface area (Å²) in [5, 5.41) is 6.51. The van der Waals surface area contributed by atoms with Crippen LogP contribution in [0.2, 0.25) is 0 Å². The van der Waals surface area contributed by atoms with Gasteiger partial charge in [-0.25, -0.2) is 9.78 Å². The second-order valence-electron chi connectivity index (χ2n) is 6.33. The van der Waals surface area contributed by atoms with Gasteiger partial charge in [-0.05, 0) is 38.1 Å². The summed E-state index contributed by atoms with van der Waals surface area (Å²) in [6.07, 6.45) is 7.06. The van der Waals surface area contributed by atoms with Gasteiger partial charge in [0, 0.05) is 31.5 Å². The molecule has 25 heavy (non-hydrogen) atoms. The van der Waals surface area contributed by atoms with Gasteiger partial charge in [0.25, 0.3) is 0 Å². The molecule has 2 aliphatic rings. The number of carbonyl (C=O) groups is 1. The number of piperidine rings is 1. The van der Waals surface area contributed by atoms with Crippen LogP contribution < -0.4 is 20.4 Å². The highest BCUT2D eigenvalue weighted by molar-refractivity contribution is 5.97. The van der Waals surface area contributed by atoms with Crippen molar-refractivity contribution in [2.75, 3.05) is 36.0 Å². The number of amides is 2. The van der Waals surface area contributed by atoms with Crippen LogP contribution in [0.4, 0.5) is 22.0 Å². The molecule has 4 rings (SSSR count). The van der Waals surface area contributed by atoms with Crippen molar-refractivity contribution >= 4 is 23.2 Å². The van der Waals surface area contributed by atoms with Crippen molar-refractivity contribution < 1.29 is 4.79 Å². The lowest BCUT2D eigenvalue weighted by atomic mass is 10.1. The van der Waals surface area contributed by atoms with E-state index in [1.807, 2.05) is 29.2 Å². The Morgan fingerprint density at radius 2 is 1.92 bits per heavy atom. The molecule has 0 aliphatic carbocycles. The lowest BCUT2D eigenvalue weighted by molar-refractivity contribution is 0.239. The van der Waals surface area contributed by atoms with E-state index in [0.29, 0.717) is 13.1 Å². The second-order valence-corrected chi connectivity index (χ2v) is 6.33. The van der Waals surface area contributed by atoms with Gasteiger partial charge in [0.1, 0.15) is 0 Å². The minimum Gasteiger partial charge on any atom is -0.335 e. The van der Waals surface area contributed by atoms with E-state index >= 15 is 0 Å². The Morgan fingerprint density at radius 3 is 2.68 bits per heavy atom. The SMILES string of the molecule is O=C(NC1CCNCC1)N1CCN(c2cnccn2)c2ccccc21. The number of hydrogen-bond acceptors (Lipinski definition) is 5. The summed E-state index contributed by atoms with van der Waals surface area (Å²) in [6, 6.07) is 8.19. The first kappa shape index (κ1) is 15.8. The molecule has 0 saturated carbocycles. The number of para-hydroxylation sites is 2. The number of fused-ring (bicyclic) bond motifs is 1. The highest BCUT2D eigenvalue weighted by Gasteiger charge is 2.29. The normalized spacial score (nSPS) is 17.9. The van der Waals surface area contributed by atoms with Crippen LogP contribution >= 0.6 is 0 Å². The third-order valence-electron chi connectivity index (χ3n) is 4.75. The highest BCUT2D eigenvalue weighted by atomic mass is 16.2. The fourth-order valence-electron chi connectivity index (χ4n) is 3.46. The summed E-state index contributed by atoms with van der Waals surface area (Å²) < 4.78 is 0. The molecule has 2 N–H and O–H groups in total. The Labute approximate surface area is 147 Å². The summed E-state index contributed by atoms with van der Waals surface area (Å²) in [4.78, 5) is 25.3. The molecule has 1 saturated heterocycles. The van der Waals surface area contributed by atoms with Crippen LogP contribution in [-0.2, 0) is 0 Å². The van der Waals surface area contributed by atoms with Crippen LogP contribution in [0.1, 0.15) is 12.8 Å². The summed E-state index contributed by atoms with van der Waals surface area (Å²) in [6.45, 7) is 3.23. The van der Waals surface area contributed by atoms with E-state index < -0.39 is 0 Å². The molecule has 0 atom stereocenters. The monoisotopic (exact) mass is 338 g/mol. The molecule has 2 amide bonds. The maximum absolute atomic E-state index is 12.8. The van der Waals surface area contributed by atoms with E-state index in [9.17, 15) is 4.79 Å². The first-order valence-electron chi connectivity index (χ1n) is 8.74. The summed E-state index contributed by atoms with van der Waals surface area (Å²) >= 11 is 0. The van der Waals surface area contributed by atoms with E-state index in [1.54, 1.807) is 18.6 Å². The lowest BCUT2D eigenvalue weighted by Gasteiger charge is -2.37. The maximum atomic E-state index is 12.8. The fourth-order valence-corrected chi connectivity index (χ4v) is 3.46. The van der Waals surface area contributed by atoms with Crippen molar-refractivity contribution in [2.45, 2.75) is 18.9 Å². The summed E-state index contributed by atoms with van der Waals surface area (Å²) in [5.41, 5.74) is 1.89.